The van der Waals surface area contributed by atoms with E-state index in [2.05, 4.69) is 10.2 Å². The molecule has 0 bridgehead atoms. The summed E-state index contributed by atoms with van der Waals surface area (Å²) < 4.78 is 5.31. The second kappa shape index (κ2) is 6.76. The number of methoxy groups -OCH3 is 1. The standard InChI is InChI=1S/C17H32N2O/c1-20-12-15-6-10-19(11-7-15)14-17(8-2-3-9-17)13-18-16-4-5-16/h15-16,18H,2-14H2,1H3. The van der Waals surface area contributed by atoms with Gasteiger partial charge in [-0.25, -0.2) is 0 Å². The fourth-order valence-corrected chi connectivity index (χ4v) is 4.19. The van der Waals surface area contributed by atoms with Crippen LogP contribution >= 0.6 is 0 Å². The number of hydrogen-bond donors (Lipinski definition) is 1. The first-order valence-electron chi connectivity index (χ1n) is 8.74. The molecule has 20 heavy (non-hydrogen) atoms. The van der Waals surface area contributed by atoms with Crippen molar-refractivity contribution >= 4 is 0 Å². The van der Waals surface area contributed by atoms with Crippen LogP contribution in [-0.2, 0) is 4.74 Å². The van der Waals surface area contributed by atoms with Gasteiger partial charge in [-0.1, -0.05) is 12.8 Å². The monoisotopic (exact) mass is 280 g/mol. The van der Waals surface area contributed by atoms with Crippen LogP contribution in [-0.4, -0.2) is 50.8 Å². The highest BCUT2D eigenvalue weighted by Crippen LogP contribution is 2.39. The van der Waals surface area contributed by atoms with Crippen molar-refractivity contribution in [1.82, 2.24) is 10.2 Å². The molecule has 0 spiro atoms. The van der Waals surface area contributed by atoms with Gasteiger partial charge in [-0.2, -0.15) is 0 Å². The fourth-order valence-electron chi connectivity index (χ4n) is 4.19. The number of nitrogens with one attached hydrogen (secondary N) is 1. The second-order valence-corrected chi connectivity index (χ2v) is 7.54. The van der Waals surface area contributed by atoms with E-state index in [9.17, 15) is 0 Å². The van der Waals surface area contributed by atoms with Crippen molar-refractivity contribution in [2.45, 2.75) is 57.4 Å². The molecule has 0 radical (unpaired) electrons. The predicted molar refractivity (Wildman–Crippen MR) is 83.0 cm³/mol. The van der Waals surface area contributed by atoms with Crippen LogP contribution in [0.3, 0.4) is 0 Å². The number of nitrogens with zero attached hydrogens (tertiary/aromatic N) is 1. The van der Waals surface area contributed by atoms with Gasteiger partial charge < -0.3 is 15.0 Å². The van der Waals surface area contributed by atoms with E-state index in [1.807, 2.05) is 7.11 Å². The van der Waals surface area contributed by atoms with E-state index in [1.165, 1.54) is 77.5 Å². The van der Waals surface area contributed by atoms with Crippen molar-refractivity contribution < 1.29 is 4.74 Å². The molecule has 1 N–H and O–H groups in total. The summed E-state index contributed by atoms with van der Waals surface area (Å²) in [5, 5.41) is 3.81. The van der Waals surface area contributed by atoms with E-state index in [0.29, 0.717) is 5.41 Å². The third kappa shape index (κ3) is 3.96. The first kappa shape index (κ1) is 14.8. The van der Waals surface area contributed by atoms with Crippen molar-refractivity contribution in [1.29, 1.82) is 0 Å². The Morgan fingerprint density at radius 3 is 2.40 bits per heavy atom. The first-order chi connectivity index (χ1) is 9.80. The summed E-state index contributed by atoms with van der Waals surface area (Å²) in [5.74, 6) is 0.806. The third-order valence-electron chi connectivity index (χ3n) is 5.68. The zero-order valence-corrected chi connectivity index (χ0v) is 13.2. The Morgan fingerprint density at radius 2 is 1.80 bits per heavy atom. The highest BCUT2D eigenvalue weighted by molar-refractivity contribution is 4.93. The minimum Gasteiger partial charge on any atom is -0.384 e. The molecule has 0 aromatic rings. The van der Waals surface area contributed by atoms with Gasteiger partial charge in [0, 0.05) is 32.8 Å². The van der Waals surface area contributed by atoms with E-state index in [0.717, 1.165) is 18.6 Å². The van der Waals surface area contributed by atoms with Crippen LogP contribution in [0.15, 0.2) is 0 Å². The number of likely N-dealkylation sites (tertiary alicyclic amines) is 1. The molecule has 1 saturated heterocycles. The zero-order valence-electron chi connectivity index (χ0n) is 13.2. The van der Waals surface area contributed by atoms with E-state index in [-0.39, 0.29) is 0 Å². The van der Waals surface area contributed by atoms with Gasteiger partial charge >= 0.3 is 0 Å². The van der Waals surface area contributed by atoms with Crippen molar-refractivity contribution in [2.24, 2.45) is 11.3 Å². The van der Waals surface area contributed by atoms with Crippen LogP contribution < -0.4 is 5.32 Å². The van der Waals surface area contributed by atoms with Crippen molar-refractivity contribution in [3.05, 3.63) is 0 Å². The predicted octanol–water partition coefficient (Wildman–Crippen LogP) is 2.66. The largest absolute Gasteiger partial charge is 0.384 e. The number of rotatable bonds is 7. The maximum Gasteiger partial charge on any atom is 0.0491 e. The van der Waals surface area contributed by atoms with Crippen LogP contribution in [0.5, 0.6) is 0 Å². The zero-order chi connectivity index (χ0) is 13.8. The molecule has 2 aliphatic carbocycles. The van der Waals surface area contributed by atoms with Crippen molar-refractivity contribution in [3.8, 4) is 0 Å². The van der Waals surface area contributed by atoms with Gasteiger partial charge in [0.2, 0.25) is 0 Å². The van der Waals surface area contributed by atoms with E-state index in [4.69, 9.17) is 4.74 Å². The number of hydrogen-bond acceptors (Lipinski definition) is 3. The Balaban J connectivity index is 1.46. The van der Waals surface area contributed by atoms with Crippen molar-refractivity contribution in [3.63, 3.8) is 0 Å². The molecule has 3 rings (SSSR count). The summed E-state index contributed by atoms with van der Waals surface area (Å²) in [6.07, 6.45) is 11.3. The van der Waals surface area contributed by atoms with Crippen LogP contribution in [0.1, 0.15) is 51.4 Å². The molecule has 0 atom stereocenters. The normalized spacial score (nSPS) is 28.1. The molecule has 0 aromatic carbocycles. The summed E-state index contributed by atoms with van der Waals surface area (Å²) in [4.78, 5) is 2.74. The molecule has 3 nitrogen and oxygen atoms in total. The average molecular weight is 280 g/mol. The van der Waals surface area contributed by atoms with Gasteiger partial charge in [-0.15, -0.1) is 0 Å². The van der Waals surface area contributed by atoms with Gasteiger partial charge in [0.15, 0.2) is 0 Å². The van der Waals surface area contributed by atoms with Crippen LogP contribution in [0.25, 0.3) is 0 Å². The summed E-state index contributed by atoms with van der Waals surface area (Å²) in [6, 6.07) is 0.861. The molecule has 2 saturated carbocycles. The number of piperidine rings is 1. The minimum atomic E-state index is 0.594. The molecule has 1 aliphatic heterocycles. The van der Waals surface area contributed by atoms with Gasteiger partial charge in [0.1, 0.15) is 0 Å². The summed E-state index contributed by atoms with van der Waals surface area (Å²) in [7, 11) is 1.84. The lowest BCUT2D eigenvalue weighted by molar-refractivity contribution is 0.0736. The lowest BCUT2D eigenvalue weighted by Crippen LogP contribution is -2.46. The maximum absolute atomic E-state index is 5.31. The smallest absolute Gasteiger partial charge is 0.0491 e. The molecule has 1 heterocycles. The Bertz CT molecular complexity index is 289. The summed E-state index contributed by atoms with van der Waals surface area (Å²) in [5.41, 5.74) is 0.594. The van der Waals surface area contributed by atoms with Crippen molar-refractivity contribution in [2.75, 3.05) is 39.9 Å². The molecule has 3 fully saturated rings. The van der Waals surface area contributed by atoms with Crippen LogP contribution in [0.2, 0.25) is 0 Å². The average Bonchev–Trinajstić information content (AvgIpc) is 3.19. The summed E-state index contributed by atoms with van der Waals surface area (Å²) in [6.45, 7) is 6.16. The van der Waals surface area contributed by atoms with E-state index in [1.54, 1.807) is 0 Å². The van der Waals surface area contributed by atoms with Gasteiger partial charge in [0.05, 0.1) is 0 Å². The molecular formula is C17H32N2O. The Hall–Kier alpha value is -0.120. The van der Waals surface area contributed by atoms with Gasteiger partial charge in [0.25, 0.3) is 0 Å². The molecular weight excluding hydrogens is 248 g/mol. The Morgan fingerprint density at radius 1 is 1.10 bits per heavy atom. The van der Waals surface area contributed by atoms with Crippen LogP contribution in [0, 0.1) is 11.3 Å². The highest BCUT2D eigenvalue weighted by atomic mass is 16.5. The van der Waals surface area contributed by atoms with Gasteiger partial charge in [-0.05, 0) is 62.9 Å². The Labute approximate surface area is 124 Å². The number of ether oxygens (including phenoxy) is 1. The third-order valence-corrected chi connectivity index (χ3v) is 5.68. The molecule has 3 aliphatic rings. The highest BCUT2D eigenvalue weighted by Gasteiger charge is 2.37. The molecule has 0 amide bonds. The molecule has 0 unspecified atom stereocenters. The molecule has 116 valence electrons. The first-order valence-corrected chi connectivity index (χ1v) is 8.74. The van der Waals surface area contributed by atoms with E-state index < -0.39 is 0 Å². The molecule has 0 aromatic heterocycles. The SMILES string of the molecule is COCC1CCN(CC2(CNC3CC3)CCCC2)CC1. The quantitative estimate of drug-likeness (QED) is 0.776. The summed E-state index contributed by atoms with van der Waals surface area (Å²) >= 11 is 0. The second-order valence-electron chi connectivity index (χ2n) is 7.54. The topological polar surface area (TPSA) is 24.5 Å². The van der Waals surface area contributed by atoms with E-state index >= 15 is 0 Å². The fraction of sp³-hybridized carbons (Fsp3) is 1.00. The molecule has 3 heteroatoms. The maximum atomic E-state index is 5.31. The lowest BCUT2D eigenvalue weighted by Gasteiger charge is -2.39. The minimum absolute atomic E-state index is 0.594. The van der Waals surface area contributed by atoms with Gasteiger partial charge in [-0.3, -0.25) is 0 Å². The van der Waals surface area contributed by atoms with Crippen LogP contribution in [0.4, 0.5) is 0 Å². The Kier molecular flexibility index (Phi) is 5.00. The lowest BCUT2D eigenvalue weighted by atomic mass is 9.84.